The number of alkyl halides is 1. The molecule has 1 heterocycles. The average molecular weight is 322 g/mol. The lowest BCUT2D eigenvalue weighted by Gasteiger charge is -2.31. The third-order valence-corrected chi connectivity index (χ3v) is 4.77. The van der Waals surface area contributed by atoms with Gasteiger partial charge in [0.15, 0.2) is 9.84 Å². The SMILES string of the molecule is C#CCN(C(=O)C(C)(C)Br)C1CCS(=O)(=O)C1. The van der Waals surface area contributed by atoms with Crippen LogP contribution in [0.4, 0.5) is 0 Å². The molecule has 1 saturated heterocycles. The number of carbonyl (C=O) groups excluding carboxylic acids is 1. The molecule has 1 aliphatic heterocycles. The highest BCUT2D eigenvalue weighted by Crippen LogP contribution is 2.24. The van der Waals surface area contributed by atoms with E-state index in [9.17, 15) is 13.2 Å². The molecule has 0 saturated carbocycles. The molecule has 1 unspecified atom stereocenters. The third-order valence-electron chi connectivity index (χ3n) is 2.68. The molecular formula is C11H16BrNO3S. The molecule has 0 aromatic heterocycles. The Hall–Kier alpha value is -0.540. The van der Waals surface area contributed by atoms with Crippen molar-refractivity contribution < 1.29 is 13.2 Å². The second kappa shape index (κ2) is 4.99. The number of rotatable bonds is 3. The summed E-state index contributed by atoms with van der Waals surface area (Å²) in [5.41, 5.74) is 0. The van der Waals surface area contributed by atoms with Gasteiger partial charge < -0.3 is 4.90 Å². The van der Waals surface area contributed by atoms with Gasteiger partial charge in [-0.2, -0.15) is 0 Å². The number of carbonyl (C=O) groups is 1. The summed E-state index contributed by atoms with van der Waals surface area (Å²) >= 11 is 3.28. The number of halogens is 1. The first-order valence-electron chi connectivity index (χ1n) is 5.31. The van der Waals surface area contributed by atoms with Gasteiger partial charge in [0.1, 0.15) is 0 Å². The van der Waals surface area contributed by atoms with E-state index in [1.807, 2.05) is 0 Å². The van der Waals surface area contributed by atoms with Gasteiger partial charge in [-0.1, -0.05) is 21.9 Å². The predicted molar refractivity (Wildman–Crippen MR) is 70.6 cm³/mol. The molecule has 1 atom stereocenters. The Morgan fingerprint density at radius 1 is 1.59 bits per heavy atom. The molecule has 0 aromatic rings. The van der Waals surface area contributed by atoms with E-state index in [-0.39, 0.29) is 30.0 Å². The summed E-state index contributed by atoms with van der Waals surface area (Å²) in [6.07, 6.45) is 5.71. The molecule has 4 nitrogen and oxygen atoms in total. The van der Waals surface area contributed by atoms with E-state index >= 15 is 0 Å². The van der Waals surface area contributed by atoms with Crippen molar-refractivity contribution in [1.82, 2.24) is 4.90 Å². The molecule has 1 aliphatic rings. The van der Waals surface area contributed by atoms with Crippen LogP contribution in [-0.4, -0.2) is 47.6 Å². The molecule has 1 fully saturated rings. The van der Waals surface area contributed by atoms with E-state index in [0.717, 1.165) is 0 Å². The smallest absolute Gasteiger partial charge is 0.239 e. The second-order valence-corrected chi connectivity index (χ2v) is 8.88. The van der Waals surface area contributed by atoms with Gasteiger partial charge in [-0.25, -0.2) is 8.42 Å². The maximum Gasteiger partial charge on any atom is 0.239 e. The van der Waals surface area contributed by atoms with Crippen molar-refractivity contribution in [3.8, 4) is 12.3 Å². The van der Waals surface area contributed by atoms with E-state index in [4.69, 9.17) is 6.42 Å². The molecule has 0 bridgehead atoms. The summed E-state index contributed by atoms with van der Waals surface area (Å²) in [6.45, 7) is 3.60. The molecule has 96 valence electrons. The molecule has 0 spiro atoms. The Bertz CT molecular complexity index is 444. The van der Waals surface area contributed by atoms with Crippen LogP contribution < -0.4 is 0 Å². The Morgan fingerprint density at radius 2 is 2.18 bits per heavy atom. The first-order valence-corrected chi connectivity index (χ1v) is 7.92. The number of nitrogens with zero attached hydrogens (tertiary/aromatic N) is 1. The Labute approximate surface area is 111 Å². The van der Waals surface area contributed by atoms with Crippen LogP contribution in [0.3, 0.4) is 0 Å². The fourth-order valence-corrected chi connectivity index (χ4v) is 3.79. The number of terminal acetylenes is 1. The van der Waals surface area contributed by atoms with Gasteiger partial charge in [0.05, 0.1) is 22.4 Å². The summed E-state index contributed by atoms with van der Waals surface area (Å²) < 4.78 is 22.1. The highest BCUT2D eigenvalue weighted by molar-refractivity contribution is 9.10. The van der Waals surface area contributed by atoms with Crippen LogP contribution in [-0.2, 0) is 14.6 Å². The molecule has 1 amide bonds. The molecule has 0 aromatic carbocycles. The molecule has 1 rings (SSSR count). The van der Waals surface area contributed by atoms with Crippen LogP contribution in [0.25, 0.3) is 0 Å². The van der Waals surface area contributed by atoms with Gasteiger partial charge in [0, 0.05) is 6.04 Å². The van der Waals surface area contributed by atoms with Crippen LogP contribution in [0.15, 0.2) is 0 Å². The van der Waals surface area contributed by atoms with Gasteiger partial charge in [-0.05, 0) is 20.3 Å². The molecule has 0 radical (unpaired) electrons. The monoisotopic (exact) mass is 321 g/mol. The third kappa shape index (κ3) is 3.71. The van der Waals surface area contributed by atoms with Crippen molar-refractivity contribution in [2.75, 3.05) is 18.1 Å². The fourth-order valence-electron chi connectivity index (χ4n) is 1.83. The van der Waals surface area contributed by atoms with Crippen LogP contribution >= 0.6 is 15.9 Å². The minimum absolute atomic E-state index is 0.0174. The number of amides is 1. The molecule has 0 aliphatic carbocycles. The van der Waals surface area contributed by atoms with Gasteiger partial charge in [-0.15, -0.1) is 6.42 Å². The zero-order chi connectivity index (χ0) is 13.3. The quantitative estimate of drug-likeness (QED) is 0.571. The standard InChI is InChI=1S/C11H16BrNO3S/c1-4-6-13(10(14)11(2,3)12)9-5-7-17(15,16)8-9/h1,9H,5-8H2,2-3H3. The summed E-state index contributed by atoms with van der Waals surface area (Å²) in [4.78, 5) is 13.6. The normalized spacial score (nSPS) is 23.1. The van der Waals surface area contributed by atoms with Crippen LogP contribution in [0.1, 0.15) is 20.3 Å². The van der Waals surface area contributed by atoms with Crippen LogP contribution in [0, 0.1) is 12.3 Å². The minimum atomic E-state index is -3.02. The van der Waals surface area contributed by atoms with E-state index in [2.05, 4.69) is 21.9 Å². The van der Waals surface area contributed by atoms with Gasteiger partial charge in [0.2, 0.25) is 5.91 Å². The number of sulfone groups is 1. The fraction of sp³-hybridized carbons (Fsp3) is 0.727. The summed E-state index contributed by atoms with van der Waals surface area (Å²) in [5, 5.41) is 0. The summed E-state index contributed by atoms with van der Waals surface area (Å²) in [6, 6.07) is -0.291. The highest BCUT2D eigenvalue weighted by Gasteiger charge is 2.38. The van der Waals surface area contributed by atoms with E-state index in [1.54, 1.807) is 13.8 Å². The van der Waals surface area contributed by atoms with Crippen molar-refractivity contribution in [3.05, 3.63) is 0 Å². The molecular weight excluding hydrogens is 306 g/mol. The number of hydrogen-bond acceptors (Lipinski definition) is 3. The minimum Gasteiger partial charge on any atom is -0.326 e. The summed E-state index contributed by atoms with van der Waals surface area (Å²) in [7, 11) is -3.02. The molecule has 6 heteroatoms. The lowest BCUT2D eigenvalue weighted by molar-refractivity contribution is -0.133. The lowest BCUT2D eigenvalue weighted by Crippen LogP contribution is -2.48. The van der Waals surface area contributed by atoms with Crippen molar-refractivity contribution in [2.24, 2.45) is 0 Å². The molecule has 0 N–H and O–H groups in total. The Kier molecular flexibility index (Phi) is 4.26. The van der Waals surface area contributed by atoms with E-state index < -0.39 is 14.2 Å². The van der Waals surface area contributed by atoms with Gasteiger partial charge >= 0.3 is 0 Å². The zero-order valence-corrected chi connectivity index (χ0v) is 12.3. The van der Waals surface area contributed by atoms with Crippen molar-refractivity contribution >= 4 is 31.7 Å². The van der Waals surface area contributed by atoms with Gasteiger partial charge in [0.25, 0.3) is 0 Å². The second-order valence-electron chi connectivity index (χ2n) is 4.67. The van der Waals surface area contributed by atoms with E-state index in [1.165, 1.54) is 4.90 Å². The van der Waals surface area contributed by atoms with E-state index in [0.29, 0.717) is 6.42 Å². The first kappa shape index (κ1) is 14.5. The van der Waals surface area contributed by atoms with Crippen molar-refractivity contribution in [1.29, 1.82) is 0 Å². The van der Waals surface area contributed by atoms with Crippen molar-refractivity contribution in [2.45, 2.75) is 30.6 Å². The highest BCUT2D eigenvalue weighted by atomic mass is 79.9. The summed E-state index contributed by atoms with van der Waals surface area (Å²) in [5.74, 6) is 2.40. The first-order chi connectivity index (χ1) is 7.67. The lowest BCUT2D eigenvalue weighted by atomic mass is 10.1. The van der Waals surface area contributed by atoms with Crippen LogP contribution in [0.2, 0.25) is 0 Å². The maximum atomic E-state index is 12.1. The average Bonchev–Trinajstić information content (AvgIpc) is 2.52. The zero-order valence-electron chi connectivity index (χ0n) is 9.94. The largest absolute Gasteiger partial charge is 0.326 e. The maximum absolute atomic E-state index is 12.1. The van der Waals surface area contributed by atoms with Gasteiger partial charge in [-0.3, -0.25) is 4.79 Å². The number of hydrogen-bond donors (Lipinski definition) is 0. The molecule has 17 heavy (non-hydrogen) atoms. The Morgan fingerprint density at radius 3 is 2.53 bits per heavy atom. The topological polar surface area (TPSA) is 54.5 Å². The van der Waals surface area contributed by atoms with Crippen molar-refractivity contribution in [3.63, 3.8) is 0 Å². The predicted octanol–water partition coefficient (Wildman–Crippen LogP) is 0.809. The van der Waals surface area contributed by atoms with Crippen LogP contribution in [0.5, 0.6) is 0 Å². The Balaban J connectivity index is 2.89.